The van der Waals surface area contributed by atoms with Gasteiger partial charge in [-0.2, -0.15) is 11.8 Å². The Morgan fingerprint density at radius 1 is 1.25 bits per heavy atom. The Balaban J connectivity index is 1.44. The molecule has 1 unspecified atom stereocenters. The van der Waals surface area contributed by atoms with Crippen molar-refractivity contribution in [1.82, 2.24) is 0 Å². The maximum Gasteiger partial charge on any atom is 0.322 e. The number of hydrogen-bond acceptors (Lipinski definition) is 4. The van der Waals surface area contributed by atoms with E-state index >= 15 is 0 Å². The number of esters is 1. The molecule has 0 aromatic carbocycles. The number of rotatable bonds is 6. The molecule has 0 amide bonds. The van der Waals surface area contributed by atoms with Crippen LogP contribution in [0, 0.1) is 23.2 Å². The zero-order valence-electron chi connectivity index (χ0n) is 12.5. The zero-order chi connectivity index (χ0) is 14.2. The molecule has 4 aliphatic rings. The lowest BCUT2D eigenvalue weighted by Crippen LogP contribution is -2.47. The summed E-state index contributed by atoms with van der Waals surface area (Å²) < 4.78 is 4.67. The summed E-state index contributed by atoms with van der Waals surface area (Å²) in [5.41, 5.74) is 6.42. The van der Waals surface area contributed by atoms with Crippen molar-refractivity contribution in [3.63, 3.8) is 0 Å². The van der Waals surface area contributed by atoms with Crippen LogP contribution in [0.1, 0.15) is 44.9 Å². The van der Waals surface area contributed by atoms with E-state index in [1.807, 2.05) is 11.8 Å². The number of ether oxygens (including phenoxy) is 1. The van der Waals surface area contributed by atoms with Gasteiger partial charge in [0, 0.05) is 0 Å². The normalized spacial score (nSPS) is 39.8. The van der Waals surface area contributed by atoms with Gasteiger partial charge in [-0.3, -0.25) is 4.79 Å². The Labute approximate surface area is 126 Å². The van der Waals surface area contributed by atoms with Gasteiger partial charge in [0.2, 0.25) is 0 Å². The van der Waals surface area contributed by atoms with Crippen molar-refractivity contribution in [1.29, 1.82) is 0 Å². The SMILES string of the molecule is COC(=O)C(N)CCSCC12CC3CC(CC(C3)C1)C2. The standard InChI is InChI=1S/C16H27NO2S/c1-19-15(18)14(17)2-3-20-10-16-7-11-4-12(8-16)6-13(5-11)9-16/h11-14H,2-10,17H2,1H3. The molecular weight excluding hydrogens is 270 g/mol. The fraction of sp³-hybridized carbons (Fsp3) is 0.938. The van der Waals surface area contributed by atoms with E-state index < -0.39 is 6.04 Å². The molecule has 1 atom stereocenters. The van der Waals surface area contributed by atoms with Gasteiger partial charge in [0.05, 0.1) is 7.11 Å². The van der Waals surface area contributed by atoms with E-state index in [2.05, 4.69) is 4.74 Å². The average Bonchev–Trinajstić information content (AvgIpc) is 2.41. The van der Waals surface area contributed by atoms with E-state index in [9.17, 15) is 4.79 Å². The second-order valence-corrected chi connectivity index (χ2v) is 8.49. The molecule has 0 spiro atoms. The quantitative estimate of drug-likeness (QED) is 0.605. The Morgan fingerprint density at radius 2 is 1.80 bits per heavy atom. The van der Waals surface area contributed by atoms with Crippen molar-refractivity contribution in [2.45, 2.75) is 51.0 Å². The van der Waals surface area contributed by atoms with E-state index in [-0.39, 0.29) is 5.97 Å². The third kappa shape index (κ3) is 3.01. The fourth-order valence-electron chi connectivity index (χ4n) is 5.23. The van der Waals surface area contributed by atoms with Crippen molar-refractivity contribution in [3.05, 3.63) is 0 Å². The van der Waals surface area contributed by atoms with Crippen LogP contribution in [0.5, 0.6) is 0 Å². The van der Waals surface area contributed by atoms with Gasteiger partial charge in [0.15, 0.2) is 0 Å². The maximum atomic E-state index is 11.3. The first-order valence-electron chi connectivity index (χ1n) is 8.01. The highest BCUT2D eigenvalue weighted by Gasteiger charge is 2.50. The second-order valence-electron chi connectivity index (χ2n) is 7.39. The van der Waals surface area contributed by atoms with Crippen LogP contribution in [-0.2, 0) is 9.53 Å². The van der Waals surface area contributed by atoms with Gasteiger partial charge in [-0.05, 0) is 79.6 Å². The van der Waals surface area contributed by atoms with Crippen molar-refractivity contribution < 1.29 is 9.53 Å². The Kier molecular flexibility index (Phi) is 4.32. The van der Waals surface area contributed by atoms with Gasteiger partial charge < -0.3 is 10.5 Å². The van der Waals surface area contributed by atoms with Crippen molar-refractivity contribution in [3.8, 4) is 0 Å². The largest absolute Gasteiger partial charge is 0.468 e. The second kappa shape index (κ2) is 5.88. The summed E-state index contributed by atoms with van der Waals surface area (Å²) in [6, 6.07) is -0.441. The van der Waals surface area contributed by atoms with Gasteiger partial charge >= 0.3 is 5.97 Å². The van der Waals surface area contributed by atoms with Crippen LogP contribution >= 0.6 is 11.8 Å². The summed E-state index contributed by atoms with van der Waals surface area (Å²) in [7, 11) is 1.41. The minimum absolute atomic E-state index is 0.277. The fourth-order valence-corrected chi connectivity index (χ4v) is 6.59. The molecule has 2 N–H and O–H groups in total. The number of hydrogen-bond donors (Lipinski definition) is 1. The molecule has 4 aliphatic carbocycles. The van der Waals surface area contributed by atoms with Crippen LogP contribution in [0.25, 0.3) is 0 Å². The van der Waals surface area contributed by atoms with E-state index in [1.54, 1.807) is 0 Å². The zero-order valence-corrected chi connectivity index (χ0v) is 13.3. The number of thioether (sulfide) groups is 1. The molecule has 4 rings (SSSR count). The molecule has 4 heteroatoms. The third-order valence-electron chi connectivity index (χ3n) is 5.65. The number of methoxy groups -OCH3 is 1. The first-order chi connectivity index (χ1) is 9.60. The summed E-state index contributed by atoms with van der Waals surface area (Å²) in [5.74, 6) is 5.07. The van der Waals surface area contributed by atoms with Crippen LogP contribution in [0.4, 0.5) is 0 Å². The van der Waals surface area contributed by atoms with Crippen LogP contribution in [0.2, 0.25) is 0 Å². The van der Waals surface area contributed by atoms with Crippen molar-refractivity contribution in [2.24, 2.45) is 28.9 Å². The molecule has 20 heavy (non-hydrogen) atoms. The maximum absolute atomic E-state index is 11.3. The minimum atomic E-state index is -0.441. The Bertz CT molecular complexity index is 336. The van der Waals surface area contributed by atoms with E-state index in [4.69, 9.17) is 5.73 Å². The highest BCUT2D eigenvalue weighted by molar-refractivity contribution is 7.99. The topological polar surface area (TPSA) is 52.3 Å². The summed E-state index contributed by atoms with van der Waals surface area (Å²) in [6.45, 7) is 0. The lowest BCUT2D eigenvalue weighted by atomic mass is 9.50. The lowest BCUT2D eigenvalue weighted by Gasteiger charge is -2.57. The minimum Gasteiger partial charge on any atom is -0.468 e. The highest BCUT2D eigenvalue weighted by atomic mass is 32.2. The molecule has 3 nitrogen and oxygen atoms in total. The molecule has 0 saturated heterocycles. The van der Waals surface area contributed by atoms with Crippen LogP contribution < -0.4 is 5.73 Å². The molecule has 0 aliphatic heterocycles. The number of carbonyl (C=O) groups is 1. The van der Waals surface area contributed by atoms with E-state index in [0.29, 0.717) is 5.41 Å². The van der Waals surface area contributed by atoms with Crippen LogP contribution in [0.3, 0.4) is 0 Å². The van der Waals surface area contributed by atoms with Crippen molar-refractivity contribution >= 4 is 17.7 Å². The van der Waals surface area contributed by atoms with Gasteiger partial charge in [-0.25, -0.2) is 0 Å². The highest BCUT2D eigenvalue weighted by Crippen LogP contribution is 2.60. The molecule has 0 aromatic heterocycles. The van der Waals surface area contributed by atoms with Crippen LogP contribution in [-0.4, -0.2) is 30.6 Å². The summed E-state index contributed by atoms with van der Waals surface area (Å²) >= 11 is 2.01. The van der Waals surface area contributed by atoms with Crippen molar-refractivity contribution in [2.75, 3.05) is 18.6 Å². The molecule has 4 bridgehead atoms. The average molecular weight is 297 g/mol. The number of nitrogens with two attached hydrogens (primary N) is 1. The Morgan fingerprint density at radius 3 is 2.30 bits per heavy atom. The predicted molar refractivity (Wildman–Crippen MR) is 82.5 cm³/mol. The molecule has 0 radical (unpaired) electrons. The van der Waals surface area contributed by atoms with E-state index in [1.165, 1.54) is 51.4 Å². The molecule has 0 heterocycles. The van der Waals surface area contributed by atoms with Gasteiger partial charge in [-0.15, -0.1) is 0 Å². The van der Waals surface area contributed by atoms with E-state index in [0.717, 1.165) is 29.9 Å². The predicted octanol–water partition coefficient (Wildman–Crippen LogP) is 2.83. The molecule has 114 valence electrons. The smallest absolute Gasteiger partial charge is 0.322 e. The van der Waals surface area contributed by atoms with Gasteiger partial charge in [0.1, 0.15) is 6.04 Å². The Hall–Kier alpha value is -0.220. The molecule has 0 aromatic rings. The number of carbonyl (C=O) groups excluding carboxylic acids is 1. The summed E-state index contributed by atoms with van der Waals surface area (Å²) in [4.78, 5) is 11.3. The third-order valence-corrected chi connectivity index (χ3v) is 6.99. The first kappa shape index (κ1) is 14.7. The van der Waals surface area contributed by atoms with Gasteiger partial charge in [0.25, 0.3) is 0 Å². The summed E-state index contributed by atoms with van der Waals surface area (Å²) in [6.07, 6.45) is 9.67. The lowest BCUT2D eigenvalue weighted by molar-refractivity contribution is -0.142. The van der Waals surface area contributed by atoms with Crippen LogP contribution in [0.15, 0.2) is 0 Å². The summed E-state index contributed by atoms with van der Waals surface area (Å²) in [5, 5.41) is 0. The molecule has 4 fully saturated rings. The molecule has 4 saturated carbocycles. The monoisotopic (exact) mass is 297 g/mol. The first-order valence-corrected chi connectivity index (χ1v) is 9.17. The van der Waals surface area contributed by atoms with Gasteiger partial charge in [-0.1, -0.05) is 0 Å². The molecular formula is C16H27NO2S.